The van der Waals surface area contributed by atoms with Gasteiger partial charge in [0.25, 0.3) is 0 Å². The summed E-state index contributed by atoms with van der Waals surface area (Å²) in [6.45, 7) is 2.98. The average Bonchev–Trinajstić information content (AvgIpc) is 2.68. The van der Waals surface area contributed by atoms with Gasteiger partial charge in [0.15, 0.2) is 0 Å². The number of pyridine rings is 1. The molecule has 1 saturated heterocycles. The molecule has 2 aromatic heterocycles. The van der Waals surface area contributed by atoms with Gasteiger partial charge < -0.3 is 15.7 Å². The van der Waals surface area contributed by atoms with Gasteiger partial charge in [-0.1, -0.05) is 6.07 Å². The quantitative estimate of drug-likeness (QED) is 0.636. The van der Waals surface area contributed by atoms with Crippen LogP contribution in [0, 0.1) is 5.82 Å². The molecule has 0 spiro atoms. The zero-order valence-corrected chi connectivity index (χ0v) is 15.6. The van der Waals surface area contributed by atoms with Crippen molar-refractivity contribution in [2.75, 3.05) is 11.9 Å². The van der Waals surface area contributed by atoms with Gasteiger partial charge in [-0.2, -0.15) is 0 Å². The molecule has 3 N–H and O–H groups in total. The largest absolute Gasteiger partial charge is 0.506 e. The molecule has 0 aliphatic carbocycles. The summed E-state index contributed by atoms with van der Waals surface area (Å²) in [6, 6.07) is 10.1. The van der Waals surface area contributed by atoms with Crippen molar-refractivity contribution in [1.82, 2.24) is 20.3 Å². The van der Waals surface area contributed by atoms with Gasteiger partial charge in [-0.15, -0.1) is 0 Å². The summed E-state index contributed by atoms with van der Waals surface area (Å²) >= 11 is 0. The lowest BCUT2D eigenvalue weighted by molar-refractivity contribution is 0.376. The second-order valence-corrected chi connectivity index (χ2v) is 7.15. The topological polar surface area (TPSA) is 83.0 Å². The maximum absolute atomic E-state index is 13.5. The molecule has 144 valence electrons. The predicted molar refractivity (Wildman–Crippen MR) is 106 cm³/mol. The molecule has 7 heteroatoms. The fourth-order valence-electron chi connectivity index (χ4n) is 3.36. The number of rotatable bonds is 4. The predicted octanol–water partition coefficient (Wildman–Crippen LogP) is 3.98. The molecule has 0 amide bonds. The third kappa shape index (κ3) is 4.26. The van der Waals surface area contributed by atoms with Crippen LogP contribution in [0.4, 0.5) is 15.9 Å². The van der Waals surface area contributed by atoms with Crippen LogP contribution in [0.3, 0.4) is 0 Å². The first-order valence-corrected chi connectivity index (χ1v) is 9.36. The fourth-order valence-corrected chi connectivity index (χ4v) is 3.36. The lowest BCUT2D eigenvalue weighted by atomic mass is 9.94. The third-order valence-electron chi connectivity index (χ3n) is 4.89. The highest BCUT2D eigenvalue weighted by Gasteiger charge is 2.23. The minimum absolute atomic E-state index is 0.0745. The molecule has 1 aliphatic heterocycles. The Morgan fingerprint density at radius 1 is 1.14 bits per heavy atom. The number of piperidine rings is 1. The van der Waals surface area contributed by atoms with E-state index in [1.165, 1.54) is 18.3 Å². The summed E-state index contributed by atoms with van der Waals surface area (Å²) in [5.74, 6) is 1.24. The Morgan fingerprint density at radius 2 is 2.04 bits per heavy atom. The number of benzene rings is 1. The van der Waals surface area contributed by atoms with Crippen LogP contribution < -0.4 is 10.6 Å². The molecule has 2 atom stereocenters. The van der Waals surface area contributed by atoms with E-state index in [0.717, 1.165) is 25.2 Å². The van der Waals surface area contributed by atoms with E-state index in [2.05, 4.69) is 27.5 Å². The monoisotopic (exact) mass is 379 g/mol. The first-order chi connectivity index (χ1) is 13.6. The SMILES string of the molecule is C[C@@H]1CC[C@H](c2nc(Nc3cccc(F)c3)cc(-c3cncc(O)c3)n2)CN1. The molecule has 1 aliphatic rings. The Bertz CT molecular complexity index is 973. The molecule has 4 rings (SSSR count). The van der Waals surface area contributed by atoms with Gasteiger partial charge in [0, 0.05) is 42.0 Å². The number of hydrogen-bond acceptors (Lipinski definition) is 6. The van der Waals surface area contributed by atoms with E-state index in [1.807, 2.05) is 0 Å². The summed E-state index contributed by atoms with van der Waals surface area (Å²) in [6.07, 6.45) is 5.08. The van der Waals surface area contributed by atoms with Gasteiger partial charge >= 0.3 is 0 Å². The molecule has 3 aromatic rings. The van der Waals surface area contributed by atoms with Crippen LogP contribution in [-0.2, 0) is 0 Å². The van der Waals surface area contributed by atoms with E-state index in [4.69, 9.17) is 4.98 Å². The number of nitrogens with zero attached hydrogens (tertiary/aromatic N) is 3. The Morgan fingerprint density at radius 3 is 2.79 bits per heavy atom. The Balaban J connectivity index is 1.72. The zero-order valence-electron chi connectivity index (χ0n) is 15.6. The molecular weight excluding hydrogens is 357 g/mol. The van der Waals surface area contributed by atoms with Crippen LogP contribution in [-0.4, -0.2) is 32.6 Å². The molecule has 1 fully saturated rings. The molecule has 0 saturated carbocycles. The molecule has 1 aromatic carbocycles. The minimum Gasteiger partial charge on any atom is -0.506 e. The lowest BCUT2D eigenvalue weighted by Crippen LogP contribution is -2.36. The maximum Gasteiger partial charge on any atom is 0.135 e. The number of hydrogen-bond donors (Lipinski definition) is 3. The molecule has 3 heterocycles. The summed E-state index contributed by atoms with van der Waals surface area (Å²) < 4.78 is 13.5. The first-order valence-electron chi connectivity index (χ1n) is 9.36. The first kappa shape index (κ1) is 18.3. The fraction of sp³-hybridized carbons (Fsp3) is 0.286. The van der Waals surface area contributed by atoms with E-state index in [9.17, 15) is 9.50 Å². The summed E-state index contributed by atoms with van der Waals surface area (Å²) in [7, 11) is 0. The molecule has 6 nitrogen and oxygen atoms in total. The zero-order chi connectivity index (χ0) is 19.5. The average molecular weight is 379 g/mol. The van der Waals surface area contributed by atoms with Gasteiger partial charge in [0.1, 0.15) is 23.2 Å². The number of nitrogens with one attached hydrogen (secondary N) is 2. The number of aromatic hydroxyl groups is 1. The normalized spacial score (nSPS) is 19.4. The van der Waals surface area contributed by atoms with Gasteiger partial charge in [0.2, 0.25) is 0 Å². The van der Waals surface area contributed by atoms with E-state index < -0.39 is 0 Å². The highest BCUT2D eigenvalue weighted by molar-refractivity contribution is 5.66. The van der Waals surface area contributed by atoms with E-state index in [1.54, 1.807) is 30.5 Å². The van der Waals surface area contributed by atoms with Crippen molar-refractivity contribution >= 4 is 11.5 Å². The van der Waals surface area contributed by atoms with Crippen LogP contribution >= 0.6 is 0 Å². The molecule has 0 bridgehead atoms. The van der Waals surface area contributed by atoms with Crippen molar-refractivity contribution in [3.63, 3.8) is 0 Å². The summed E-state index contributed by atoms with van der Waals surface area (Å²) in [5, 5.41) is 16.4. The summed E-state index contributed by atoms with van der Waals surface area (Å²) in [4.78, 5) is 13.5. The van der Waals surface area contributed by atoms with E-state index in [0.29, 0.717) is 28.8 Å². The van der Waals surface area contributed by atoms with E-state index in [-0.39, 0.29) is 17.5 Å². The van der Waals surface area contributed by atoms with Gasteiger partial charge in [-0.25, -0.2) is 14.4 Å². The molecular formula is C21H22FN5O. The second kappa shape index (κ2) is 7.90. The van der Waals surface area contributed by atoms with Crippen molar-refractivity contribution in [3.8, 4) is 17.0 Å². The maximum atomic E-state index is 13.5. The minimum atomic E-state index is -0.317. The van der Waals surface area contributed by atoms with Crippen molar-refractivity contribution in [1.29, 1.82) is 0 Å². The lowest BCUT2D eigenvalue weighted by Gasteiger charge is -2.27. The highest BCUT2D eigenvalue weighted by Crippen LogP contribution is 2.29. The Hall–Kier alpha value is -3.06. The van der Waals surface area contributed by atoms with Crippen LogP contribution in [0.1, 0.15) is 31.5 Å². The smallest absolute Gasteiger partial charge is 0.135 e. The Labute approximate surface area is 162 Å². The van der Waals surface area contributed by atoms with Crippen LogP contribution in [0.15, 0.2) is 48.8 Å². The number of aromatic nitrogens is 3. The standard InChI is InChI=1S/C21H22FN5O/c1-13-5-6-14(11-24-13)21-26-19(15-7-18(28)12-23-10-15)9-20(27-21)25-17-4-2-3-16(22)8-17/h2-4,7-10,12-14,24,28H,5-6,11H2,1H3,(H,25,26,27)/t13-,14+/m1/s1. The molecule has 0 radical (unpaired) electrons. The van der Waals surface area contributed by atoms with Crippen LogP contribution in [0.2, 0.25) is 0 Å². The highest BCUT2D eigenvalue weighted by atomic mass is 19.1. The van der Waals surface area contributed by atoms with Gasteiger partial charge in [0.05, 0.1) is 11.9 Å². The number of halogens is 1. The van der Waals surface area contributed by atoms with Crippen LogP contribution in [0.25, 0.3) is 11.3 Å². The van der Waals surface area contributed by atoms with Crippen molar-refractivity contribution in [2.24, 2.45) is 0 Å². The molecule has 28 heavy (non-hydrogen) atoms. The van der Waals surface area contributed by atoms with Gasteiger partial charge in [-0.3, -0.25) is 4.98 Å². The van der Waals surface area contributed by atoms with Gasteiger partial charge in [-0.05, 0) is 44.0 Å². The summed E-state index contributed by atoms with van der Waals surface area (Å²) in [5.41, 5.74) is 1.97. The third-order valence-corrected chi connectivity index (χ3v) is 4.89. The van der Waals surface area contributed by atoms with Crippen molar-refractivity contribution in [2.45, 2.75) is 31.7 Å². The second-order valence-electron chi connectivity index (χ2n) is 7.15. The van der Waals surface area contributed by atoms with Crippen molar-refractivity contribution in [3.05, 3.63) is 60.4 Å². The molecule has 0 unspecified atom stereocenters. The van der Waals surface area contributed by atoms with Crippen LogP contribution in [0.5, 0.6) is 5.75 Å². The van der Waals surface area contributed by atoms with Crippen molar-refractivity contribution < 1.29 is 9.50 Å². The number of anilines is 2. The Kier molecular flexibility index (Phi) is 5.16. The van der Waals surface area contributed by atoms with E-state index >= 15 is 0 Å².